The zero-order valence-corrected chi connectivity index (χ0v) is 17.8. The lowest BCUT2D eigenvalue weighted by atomic mass is 9.80. The van der Waals surface area contributed by atoms with Crippen LogP contribution < -0.4 is 16.8 Å². The molecule has 1 fully saturated rings. The number of aromatic nitrogens is 2. The van der Waals surface area contributed by atoms with Crippen LogP contribution in [-0.2, 0) is 6.42 Å². The molecular formula is C22H25ClN6O2. The SMILES string of the molecule is NCC1CCC(Cc2nc(Nc3ccc(Cl)c4ccccc34)nc(N)c2[N+](=O)[O-])CC1. The molecule has 8 nitrogen and oxygen atoms in total. The van der Waals surface area contributed by atoms with Gasteiger partial charge in [-0.1, -0.05) is 35.9 Å². The Morgan fingerprint density at radius 3 is 2.42 bits per heavy atom. The number of anilines is 3. The van der Waals surface area contributed by atoms with Crippen molar-refractivity contribution in [3.63, 3.8) is 0 Å². The lowest BCUT2D eigenvalue weighted by Crippen LogP contribution is -2.23. The summed E-state index contributed by atoms with van der Waals surface area (Å²) in [5.74, 6) is 0.963. The van der Waals surface area contributed by atoms with Crippen molar-refractivity contribution < 1.29 is 4.92 Å². The van der Waals surface area contributed by atoms with Gasteiger partial charge in [-0.15, -0.1) is 0 Å². The molecule has 4 rings (SSSR count). The number of rotatable bonds is 6. The lowest BCUT2D eigenvalue weighted by molar-refractivity contribution is -0.385. The van der Waals surface area contributed by atoms with E-state index in [-0.39, 0.29) is 17.5 Å². The number of halogens is 1. The second kappa shape index (κ2) is 9.03. The van der Waals surface area contributed by atoms with E-state index in [4.69, 9.17) is 23.1 Å². The van der Waals surface area contributed by atoms with E-state index in [2.05, 4.69) is 15.3 Å². The molecule has 5 N–H and O–H groups in total. The number of benzene rings is 2. The van der Waals surface area contributed by atoms with Crippen LogP contribution >= 0.6 is 11.6 Å². The van der Waals surface area contributed by atoms with Gasteiger partial charge in [0.2, 0.25) is 11.8 Å². The molecule has 9 heteroatoms. The molecule has 2 aromatic carbocycles. The standard InChI is InChI=1S/C22H25ClN6O2/c23-17-9-10-18(16-4-2-1-3-15(16)17)26-22-27-19(20(29(30)31)21(25)28-22)11-13-5-7-14(12-24)8-6-13/h1-4,9-10,13-14H,5-8,11-12,24H2,(H3,25,26,27,28). The minimum absolute atomic E-state index is 0.133. The molecule has 1 aliphatic rings. The van der Waals surface area contributed by atoms with Crippen LogP contribution in [0.4, 0.5) is 23.1 Å². The largest absolute Gasteiger partial charge is 0.378 e. The Balaban J connectivity index is 1.65. The normalized spacial score (nSPS) is 18.8. The molecule has 0 atom stereocenters. The summed E-state index contributed by atoms with van der Waals surface area (Å²) in [7, 11) is 0. The number of nitrogen functional groups attached to an aromatic ring is 1. The van der Waals surface area contributed by atoms with E-state index >= 15 is 0 Å². The summed E-state index contributed by atoms with van der Waals surface area (Å²) in [6.07, 6.45) is 4.53. The van der Waals surface area contributed by atoms with Gasteiger partial charge in [0.05, 0.1) is 4.92 Å². The molecule has 31 heavy (non-hydrogen) atoms. The topological polar surface area (TPSA) is 133 Å². The molecule has 0 spiro atoms. The van der Waals surface area contributed by atoms with Gasteiger partial charge >= 0.3 is 5.69 Å². The van der Waals surface area contributed by atoms with Crippen molar-refractivity contribution in [2.75, 3.05) is 17.6 Å². The Bertz CT molecular complexity index is 1110. The van der Waals surface area contributed by atoms with E-state index in [1.165, 1.54) is 0 Å². The van der Waals surface area contributed by atoms with Gasteiger partial charge in [0.1, 0.15) is 5.69 Å². The average molecular weight is 441 g/mol. The average Bonchev–Trinajstić information content (AvgIpc) is 2.76. The van der Waals surface area contributed by atoms with Crippen LogP contribution in [0, 0.1) is 22.0 Å². The Morgan fingerprint density at radius 2 is 1.74 bits per heavy atom. The number of hydrogen-bond acceptors (Lipinski definition) is 7. The monoisotopic (exact) mass is 440 g/mol. The number of hydrogen-bond donors (Lipinski definition) is 3. The maximum atomic E-state index is 11.7. The third-order valence-corrected chi connectivity index (χ3v) is 6.39. The van der Waals surface area contributed by atoms with E-state index in [0.717, 1.165) is 42.1 Å². The maximum Gasteiger partial charge on any atom is 0.332 e. The van der Waals surface area contributed by atoms with Gasteiger partial charge in [0.25, 0.3) is 0 Å². The number of nitrogens with two attached hydrogens (primary N) is 2. The first kappa shape index (κ1) is 21.3. The van der Waals surface area contributed by atoms with Gasteiger partial charge in [0.15, 0.2) is 0 Å². The molecule has 1 aliphatic carbocycles. The summed E-state index contributed by atoms with van der Waals surface area (Å²) in [4.78, 5) is 19.8. The van der Waals surface area contributed by atoms with Crippen LogP contribution in [0.5, 0.6) is 0 Å². The van der Waals surface area contributed by atoms with Crippen LogP contribution in [0.3, 0.4) is 0 Å². The highest BCUT2D eigenvalue weighted by molar-refractivity contribution is 6.36. The molecule has 1 heterocycles. The van der Waals surface area contributed by atoms with Crippen molar-refractivity contribution in [1.82, 2.24) is 9.97 Å². The quantitative estimate of drug-likeness (QED) is 0.369. The van der Waals surface area contributed by atoms with Crippen LogP contribution in [0.1, 0.15) is 31.4 Å². The zero-order chi connectivity index (χ0) is 22.0. The van der Waals surface area contributed by atoms with Crippen molar-refractivity contribution in [3.8, 4) is 0 Å². The maximum absolute atomic E-state index is 11.7. The molecule has 0 aliphatic heterocycles. The second-order valence-electron chi connectivity index (χ2n) is 8.08. The molecule has 162 valence electrons. The first-order chi connectivity index (χ1) is 15.0. The first-order valence-corrected chi connectivity index (χ1v) is 10.8. The highest BCUT2D eigenvalue weighted by Crippen LogP contribution is 2.35. The molecule has 0 amide bonds. The fourth-order valence-electron chi connectivity index (χ4n) is 4.35. The number of fused-ring (bicyclic) bond motifs is 1. The van der Waals surface area contributed by atoms with Gasteiger partial charge < -0.3 is 16.8 Å². The van der Waals surface area contributed by atoms with Crippen molar-refractivity contribution in [2.45, 2.75) is 32.1 Å². The predicted molar refractivity (Wildman–Crippen MR) is 124 cm³/mol. The van der Waals surface area contributed by atoms with E-state index in [1.807, 2.05) is 30.3 Å². The Kier molecular flexibility index (Phi) is 6.20. The number of nitrogens with zero attached hydrogens (tertiary/aromatic N) is 3. The zero-order valence-electron chi connectivity index (χ0n) is 17.1. The van der Waals surface area contributed by atoms with E-state index < -0.39 is 4.92 Å². The van der Waals surface area contributed by atoms with Crippen molar-refractivity contribution in [3.05, 3.63) is 57.2 Å². The van der Waals surface area contributed by atoms with Gasteiger partial charge in [-0.25, -0.2) is 4.98 Å². The molecule has 0 saturated heterocycles. The van der Waals surface area contributed by atoms with Crippen molar-refractivity contribution in [2.24, 2.45) is 17.6 Å². The highest BCUT2D eigenvalue weighted by atomic mass is 35.5. The van der Waals surface area contributed by atoms with Gasteiger partial charge in [-0.3, -0.25) is 10.1 Å². The molecule has 3 aromatic rings. The lowest BCUT2D eigenvalue weighted by Gasteiger charge is -2.27. The van der Waals surface area contributed by atoms with E-state index in [9.17, 15) is 10.1 Å². The molecular weight excluding hydrogens is 416 g/mol. The molecule has 0 unspecified atom stereocenters. The van der Waals surface area contributed by atoms with Crippen LogP contribution in [0.15, 0.2) is 36.4 Å². The molecule has 1 saturated carbocycles. The Hall–Kier alpha value is -2.97. The third-order valence-electron chi connectivity index (χ3n) is 6.06. The Morgan fingerprint density at radius 1 is 1.06 bits per heavy atom. The van der Waals surface area contributed by atoms with Gasteiger partial charge in [0, 0.05) is 21.5 Å². The first-order valence-electron chi connectivity index (χ1n) is 10.4. The van der Waals surface area contributed by atoms with Crippen molar-refractivity contribution in [1.29, 1.82) is 0 Å². The minimum atomic E-state index is -0.488. The number of nitrogens with one attached hydrogen (secondary N) is 1. The van der Waals surface area contributed by atoms with E-state index in [0.29, 0.717) is 35.5 Å². The fraction of sp³-hybridized carbons (Fsp3) is 0.364. The summed E-state index contributed by atoms with van der Waals surface area (Å²) in [5, 5.41) is 17.3. The summed E-state index contributed by atoms with van der Waals surface area (Å²) in [5.41, 5.74) is 12.7. The van der Waals surface area contributed by atoms with Gasteiger partial charge in [-0.05, 0) is 62.6 Å². The molecule has 1 aromatic heterocycles. The highest BCUT2D eigenvalue weighted by Gasteiger charge is 2.28. The van der Waals surface area contributed by atoms with Gasteiger partial charge in [-0.2, -0.15) is 4.98 Å². The summed E-state index contributed by atoms with van der Waals surface area (Å²) >= 11 is 6.31. The summed E-state index contributed by atoms with van der Waals surface area (Å²) < 4.78 is 0. The van der Waals surface area contributed by atoms with Crippen LogP contribution in [0.25, 0.3) is 10.8 Å². The van der Waals surface area contributed by atoms with Crippen LogP contribution in [-0.4, -0.2) is 21.4 Å². The van der Waals surface area contributed by atoms with Crippen LogP contribution in [0.2, 0.25) is 5.02 Å². The second-order valence-corrected chi connectivity index (χ2v) is 8.48. The Labute approximate surface area is 185 Å². The smallest absolute Gasteiger partial charge is 0.332 e. The van der Waals surface area contributed by atoms with Crippen molar-refractivity contribution >= 4 is 45.5 Å². The number of nitro groups is 1. The fourth-order valence-corrected chi connectivity index (χ4v) is 4.58. The molecule has 0 bridgehead atoms. The predicted octanol–water partition coefficient (Wildman–Crippen LogP) is 4.82. The van der Waals surface area contributed by atoms with E-state index in [1.54, 1.807) is 6.07 Å². The third kappa shape index (κ3) is 4.55. The summed E-state index contributed by atoms with van der Waals surface area (Å²) in [6.45, 7) is 0.691. The minimum Gasteiger partial charge on any atom is -0.378 e. The summed E-state index contributed by atoms with van der Waals surface area (Å²) in [6, 6.07) is 11.3. The molecule has 0 radical (unpaired) electrons.